The van der Waals surface area contributed by atoms with Crippen molar-refractivity contribution in [2.75, 3.05) is 25.9 Å². The molecule has 1 aliphatic heterocycles. The van der Waals surface area contributed by atoms with Crippen LogP contribution in [0, 0.1) is 11.8 Å². The van der Waals surface area contributed by atoms with Crippen LogP contribution in [0.4, 0.5) is 0 Å². The summed E-state index contributed by atoms with van der Waals surface area (Å²) in [6.45, 7) is 5.09. The Balaban J connectivity index is 1.53. The summed E-state index contributed by atoms with van der Waals surface area (Å²) in [5.41, 5.74) is 7.38. The number of aliphatic hydroxyl groups excluding tert-OH is 1. The van der Waals surface area contributed by atoms with Gasteiger partial charge in [-0.15, -0.1) is 0 Å². The number of imidazole rings is 1. The Labute approximate surface area is 335 Å². The van der Waals surface area contributed by atoms with E-state index < -0.39 is 80.1 Å². The van der Waals surface area contributed by atoms with Crippen LogP contribution in [0.15, 0.2) is 42.9 Å². The summed E-state index contributed by atoms with van der Waals surface area (Å²) >= 11 is 0. The van der Waals surface area contributed by atoms with Crippen molar-refractivity contribution in [3.8, 4) is 0 Å². The predicted molar refractivity (Wildman–Crippen MR) is 214 cm³/mol. The van der Waals surface area contributed by atoms with Gasteiger partial charge in [0.15, 0.2) is 0 Å². The van der Waals surface area contributed by atoms with Gasteiger partial charge in [-0.1, -0.05) is 76.8 Å². The Morgan fingerprint density at radius 1 is 0.912 bits per heavy atom. The minimum Gasteiger partial charge on any atom is -0.394 e. The lowest BCUT2D eigenvalue weighted by molar-refractivity contribution is -0.135. The van der Waals surface area contributed by atoms with Crippen molar-refractivity contribution in [2.24, 2.45) is 17.6 Å². The molecular formula is C39H63N8O9P. The van der Waals surface area contributed by atoms with Gasteiger partial charge in [0.05, 0.1) is 31.7 Å². The molecule has 5 amide bonds. The fourth-order valence-corrected chi connectivity index (χ4v) is 8.17. The van der Waals surface area contributed by atoms with E-state index in [1.165, 1.54) is 25.0 Å². The van der Waals surface area contributed by atoms with Crippen LogP contribution in [0.1, 0.15) is 89.8 Å². The quantitative estimate of drug-likeness (QED) is 0.0462. The number of nitrogens with two attached hydrogens (primary N) is 1. The average molecular weight is 819 g/mol. The average Bonchev–Trinajstić information content (AvgIpc) is 3.90. The topological polar surface area (TPSA) is 267 Å². The highest BCUT2D eigenvalue weighted by Gasteiger charge is 2.36. The van der Waals surface area contributed by atoms with Gasteiger partial charge >= 0.3 is 7.60 Å². The Morgan fingerprint density at radius 2 is 1.56 bits per heavy atom. The van der Waals surface area contributed by atoms with Crippen LogP contribution in [0.2, 0.25) is 0 Å². The monoisotopic (exact) mass is 818 g/mol. The third-order valence-electron chi connectivity index (χ3n) is 9.83. The van der Waals surface area contributed by atoms with E-state index in [9.17, 15) is 38.5 Å². The highest BCUT2D eigenvalue weighted by molar-refractivity contribution is 7.52. The molecule has 1 aromatic carbocycles. The first-order valence-corrected chi connectivity index (χ1v) is 21.8. The first-order valence-electron chi connectivity index (χ1n) is 20.0. The predicted octanol–water partition coefficient (Wildman–Crippen LogP) is 1.59. The van der Waals surface area contributed by atoms with Crippen molar-refractivity contribution in [1.82, 2.24) is 36.6 Å². The number of aliphatic hydroxyl groups is 1. The summed E-state index contributed by atoms with van der Waals surface area (Å²) in [5.74, 6) is -4.71. The maximum Gasteiger partial charge on any atom is 0.328 e. The summed E-state index contributed by atoms with van der Waals surface area (Å²) in [4.78, 5) is 83.2. The third kappa shape index (κ3) is 17.5. The zero-order chi connectivity index (χ0) is 41.8. The van der Waals surface area contributed by atoms with Crippen LogP contribution >= 0.6 is 7.60 Å². The minimum absolute atomic E-state index is 0.0162. The summed E-state index contributed by atoms with van der Waals surface area (Å²) in [5, 5.41) is 23.5. The number of primary amides is 1. The highest BCUT2D eigenvalue weighted by atomic mass is 31.2. The van der Waals surface area contributed by atoms with Gasteiger partial charge < -0.3 is 51.8 Å². The molecule has 57 heavy (non-hydrogen) atoms. The van der Waals surface area contributed by atoms with E-state index in [1.807, 2.05) is 32.0 Å². The number of amides is 5. The van der Waals surface area contributed by atoms with Gasteiger partial charge in [-0.25, -0.2) is 4.98 Å². The molecule has 10 N–H and O–H groups in total. The molecule has 2 heterocycles. The number of hydrogen-bond acceptors (Lipinski definition) is 10. The standard InChI is InChI=1S/C39H63N8O9P/c1-26(2)20-31(44-36(50)30-17-13-18-42-30)37(51)45-32(21-29-22-41-25-43-29)38(52)46-33(23-48)39(53)47-34(35(40)49)27(3)24-57(54,55)56-19-12-7-5-4-6-9-14-28-15-10-8-11-16-28/h8,10-11,15-16,22,25-27,30-34,42,48H,4-7,9,12-14,17-21,23-24H2,1-3H3,(H2,40,49)(H,41,43)(H,44,50)(H,45,51)(H,46,52)(H,47,53)(H,54,55)/t27-,30-,31-,32-,33-,34-/m0/s1. The van der Waals surface area contributed by atoms with E-state index in [0.29, 0.717) is 31.5 Å². The Morgan fingerprint density at radius 3 is 2.18 bits per heavy atom. The lowest BCUT2D eigenvalue weighted by atomic mass is 10.0. The van der Waals surface area contributed by atoms with E-state index in [2.05, 4.69) is 48.7 Å². The van der Waals surface area contributed by atoms with Crippen molar-refractivity contribution in [2.45, 2.75) is 122 Å². The molecule has 1 aromatic heterocycles. The molecular weight excluding hydrogens is 755 g/mol. The Hall–Kier alpha value is -4.15. The number of hydrogen-bond donors (Lipinski definition) is 9. The van der Waals surface area contributed by atoms with Crippen LogP contribution in [0.5, 0.6) is 0 Å². The molecule has 7 atom stereocenters. The normalized spacial score (nSPS) is 17.8. The number of carbonyl (C=O) groups excluding carboxylic acids is 5. The molecule has 1 unspecified atom stereocenters. The van der Waals surface area contributed by atoms with Crippen LogP contribution in [0.3, 0.4) is 0 Å². The maximum atomic E-state index is 13.6. The van der Waals surface area contributed by atoms with Crippen molar-refractivity contribution in [1.29, 1.82) is 0 Å². The number of aromatic nitrogens is 2. The second-order valence-corrected chi connectivity index (χ2v) is 17.2. The van der Waals surface area contributed by atoms with Gasteiger partial charge in [-0.05, 0) is 62.5 Å². The second-order valence-electron chi connectivity index (χ2n) is 15.3. The SMILES string of the molecule is CC(C)C[C@H](NC(=O)[C@@H]1CCCN1)C(=O)N[C@@H](Cc1cnc[nH]1)C(=O)N[C@@H](CO)C(=O)N[C@H](C(N)=O)[C@@H](C)CP(=O)(O)OCCCCCCCCc1ccccc1. The number of carbonyl (C=O) groups is 5. The summed E-state index contributed by atoms with van der Waals surface area (Å²) in [6, 6.07) is 4.60. The number of nitrogens with one attached hydrogen (secondary N) is 6. The van der Waals surface area contributed by atoms with Gasteiger partial charge in [-0.2, -0.15) is 0 Å². The number of unbranched alkanes of at least 4 members (excludes halogenated alkanes) is 5. The maximum absolute atomic E-state index is 13.6. The van der Waals surface area contributed by atoms with E-state index in [4.69, 9.17) is 10.3 Å². The van der Waals surface area contributed by atoms with Gasteiger partial charge in [0.1, 0.15) is 24.2 Å². The Bertz CT molecular complexity index is 1590. The lowest BCUT2D eigenvalue weighted by Crippen LogP contribution is -2.60. The lowest BCUT2D eigenvalue weighted by Gasteiger charge is -2.28. The number of H-pyrrole nitrogens is 1. The first kappa shape index (κ1) is 47.2. The van der Waals surface area contributed by atoms with Gasteiger partial charge in [0, 0.05) is 18.3 Å². The minimum atomic E-state index is -4.18. The van der Waals surface area contributed by atoms with Crippen molar-refractivity contribution in [3.63, 3.8) is 0 Å². The molecule has 0 aliphatic carbocycles. The smallest absolute Gasteiger partial charge is 0.328 e. The fourth-order valence-electron chi connectivity index (χ4n) is 6.71. The molecule has 1 saturated heterocycles. The van der Waals surface area contributed by atoms with Crippen LogP contribution < -0.4 is 32.3 Å². The van der Waals surface area contributed by atoms with Crippen LogP contribution in [-0.2, 0) is 45.9 Å². The molecule has 0 radical (unpaired) electrons. The van der Waals surface area contributed by atoms with E-state index in [1.54, 1.807) is 0 Å². The Kier molecular flexibility index (Phi) is 20.4. The number of nitrogens with zero attached hydrogens (tertiary/aromatic N) is 1. The summed E-state index contributed by atoms with van der Waals surface area (Å²) in [6.07, 6.45) is 10.7. The molecule has 2 aromatic rings. The van der Waals surface area contributed by atoms with Gasteiger partial charge in [-0.3, -0.25) is 28.5 Å². The van der Waals surface area contributed by atoms with E-state index >= 15 is 0 Å². The zero-order valence-electron chi connectivity index (χ0n) is 33.4. The van der Waals surface area contributed by atoms with E-state index in [0.717, 1.165) is 44.9 Å². The number of aromatic amines is 1. The third-order valence-corrected chi connectivity index (χ3v) is 11.5. The van der Waals surface area contributed by atoms with E-state index in [-0.39, 0.29) is 24.9 Å². The van der Waals surface area contributed by atoms with Gasteiger partial charge in [0.25, 0.3) is 0 Å². The van der Waals surface area contributed by atoms with Gasteiger partial charge in [0.2, 0.25) is 29.5 Å². The summed E-state index contributed by atoms with van der Waals surface area (Å²) in [7, 11) is -4.18. The molecule has 18 heteroatoms. The summed E-state index contributed by atoms with van der Waals surface area (Å²) < 4.78 is 18.2. The highest BCUT2D eigenvalue weighted by Crippen LogP contribution is 2.44. The molecule has 318 valence electrons. The molecule has 1 fully saturated rings. The number of benzene rings is 1. The molecule has 17 nitrogen and oxygen atoms in total. The van der Waals surface area contributed by atoms with Crippen LogP contribution in [-0.4, -0.2) is 106 Å². The number of aryl methyl sites for hydroxylation is 1. The van der Waals surface area contributed by atoms with Crippen LogP contribution in [0.25, 0.3) is 0 Å². The molecule has 3 rings (SSSR count). The molecule has 0 bridgehead atoms. The fraction of sp³-hybridized carbons (Fsp3) is 0.641. The van der Waals surface area contributed by atoms with Crippen molar-refractivity contribution >= 4 is 37.1 Å². The first-order chi connectivity index (χ1) is 27.2. The molecule has 0 saturated carbocycles. The second kappa shape index (κ2) is 24.6. The molecule has 1 aliphatic rings. The van der Waals surface area contributed by atoms with Crippen molar-refractivity contribution in [3.05, 3.63) is 54.1 Å². The largest absolute Gasteiger partial charge is 0.394 e. The van der Waals surface area contributed by atoms with Crippen molar-refractivity contribution < 1.29 is 43.1 Å². The zero-order valence-corrected chi connectivity index (χ0v) is 34.3. The number of rotatable bonds is 27. The molecule has 0 spiro atoms.